The normalized spacial score (nSPS) is 35.8. The summed E-state index contributed by atoms with van der Waals surface area (Å²) in [6, 6.07) is 7.96. The molecule has 1 amide bonds. The van der Waals surface area contributed by atoms with Crippen molar-refractivity contribution in [3.8, 4) is 5.75 Å². The van der Waals surface area contributed by atoms with Crippen LogP contribution in [-0.2, 0) is 0 Å². The number of rotatable bonds is 6. The van der Waals surface area contributed by atoms with E-state index < -0.39 is 0 Å². The van der Waals surface area contributed by atoms with Crippen LogP contribution >= 0.6 is 0 Å². The predicted octanol–water partition coefficient (Wildman–Crippen LogP) is 4.95. The third-order valence-electron chi connectivity index (χ3n) is 8.69. The summed E-state index contributed by atoms with van der Waals surface area (Å²) in [5, 5.41) is 13.4. The van der Waals surface area contributed by atoms with Crippen molar-refractivity contribution >= 4 is 5.91 Å². The van der Waals surface area contributed by atoms with E-state index in [1.54, 1.807) is 0 Å². The molecule has 0 heterocycles. The molecule has 4 nitrogen and oxygen atoms in total. The molecule has 4 fully saturated rings. The number of carbonyl (C=O) groups is 1. The van der Waals surface area contributed by atoms with Crippen LogP contribution in [0.2, 0.25) is 0 Å². The highest BCUT2D eigenvalue weighted by Crippen LogP contribution is 2.59. The highest BCUT2D eigenvalue weighted by atomic mass is 16.5. The number of hydrogen-bond acceptors (Lipinski definition) is 3. The van der Waals surface area contributed by atoms with E-state index in [0.717, 1.165) is 37.5 Å². The summed E-state index contributed by atoms with van der Waals surface area (Å²) in [6.45, 7) is 1.08. The third-order valence-corrected chi connectivity index (χ3v) is 8.69. The molecule has 0 saturated heterocycles. The van der Waals surface area contributed by atoms with Crippen LogP contribution in [0, 0.1) is 29.1 Å². The number of benzene rings is 1. The van der Waals surface area contributed by atoms with Crippen LogP contribution in [0.25, 0.3) is 0 Å². The van der Waals surface area contributed by atoms with E-state index in [2.05, 4.69) is 5.32 Å². The molecule has 1 aromatic carbocycles. The maximum absolute atomic E-state index is 13.1. The fraction of sp³-hybridized carbons (Fsp3) is 0.731. The van der Waals surface area contributed by atoms with Crippen molar-refractivity contribution in [3.63, 3.8) is 0 Å². The van der Waals surface area contributed by atoms with E-state index in [9.17, 15) is 9.90 Å². The molecule has 4 aliphatic rings. The van der Waals surface area contributed by atoms with Crippen LogP contribution in [0.3, 0.4) is 0 Å². The second kappa shape index (κ2) is 8.53. The molecule has 4 heteroatoms. The Labute approximate surface area is 180 Å². The van der Waals surface area contributed by atoms with Crippen LogP contribution in [0.5, 0.6) is 5.75 Å². The highest BCUT2D eigenvalue weighted by Gasteiger charge is 2.54. The standard InChI is InChI=1S/C26H37NO3/c28-17-26-13-19-9-10-24(23(15-26)21(11-19)14-26)27-25(29)20-7-4-8-22(12-20)30-16-18-5-2-1-3-6-18/h4,7-8,12,18-19,21,23-24,28H,1-3,5-6,9-11,13-17H2,(H,27,29). The SMILES string of the molecule is O=C(NC1CCC2CC3CC(CO)(C2)CC31)c1cccc(OCC2CCCCC2)c1. The third kappa shape index (κ3) is 4.12. The smallest absolute Gasteiger partial charge is 0.251 e. The first kappa shape index (κ1) is 20.4. The molecule has 4 saturated carbocycles. The average molecular weight is 412 g/mol. The first-order chi connectivity index (χ1) is 14.6. The van der Waals surface area contributed by atoms with Gasteiger partial charge in [-0.1, -0.05) is 25.3 Å². The summed E-state index contributed by atoms with van der Waals surface area (Å²) in [6.07, 6.45) is 13.5. The quantitative estimate of drug-likeness (QED) is 0.696. The van der Waals surface area contributed by atoms with E-state index in [4.69, 9.17) is 4.74 Å². The molecule has 0 aromatic heterocycles. The van der Waals surface area contributed by atoms with Crippen molar-refractivity contribution in [2.45, 2.75) is 76.7 Å². The lowest BCUT2D eigenvalue weighted by Crippen LogP contribution is -2.41. The zero-order valence-electron chi connectivity index (χ0n) is 18.2. The molecule has 164 valence electrons. The summed E-state index contributed by atoms with van der Waals surface area (Å²) in [5.74, 6) is 3.44. The fourth-order valence-electron chi connectivity index (χ4n) is 7.25. The zero-order chi connectivity index (χ0) is 20.6. The number of carbonyl (C=O) groups excluding carboxylic acids is 1. The Morgan fingerprint density at radius 1 is 1.10 bits per heavy atom. The number of amides is 1. The Morgan fingerprint density at radius 2 is 1.97 bits per heavy atom. The number of ether oxygens (including phenoxy) is 1. The van der Waals surface area contributed by atoms with Crippen molar-refractivity contribution in [1.29, 1.82) is 0 Å². The Balaban J connectivity index is 1.22. The van der Waals surface area contributed by atoms with Gasteiger partial charge in [0.2, 0.25) is 0 Å². The van der Waals surface area contributed by atoms with Crippen LogP contribution in [0.1, 0.15) is 81.0 Å². The summed E-state index contributed by atoms with van der Waals surface area (Å²) in [4.78, 5) is 13.1. The van der Waals surface area contributed by atoms with Crippen LogP contribution in [0.15, 0.2) is 24.3 Å². The number of hydrogen-bond donors (Lipinski definition) is 2. The number of aliphatic hydroxyl groups is 1. The van der Waals surface area contributed by atoms with E-state index in [0.29, 0.717) is 29.9 Å². The van der Waals surface area contributed by atoms with E-state index in [1.807, 2.05) is 24.3 Å². The maximum atomic E-state index is 13.1. The zero-order valence-corrected chi connectivity index (χ0v) is 18.2. The molecule has 5 unspecified atom stereocenters. The van der Waals surface area contributed by atoms with Crippen molar-refractivity contribution in [1.82, 2.24) is 5.32 Å². The lowest BCUT2D eigenvalue weighted by Gasteiger charge is -2.36. The minimum atomic E-state index is 0.0300. The van der Waals surface area contributed by atoms with E-state index in [-0.39, 0.29) is 17.4 Å². The summed E-state index contributed by atoms with van der Waals surface area (Å²) >= 11 is 0. The highest BCUT2D eigenvalue weighted by molar-refractivity contribution is 5.94. The van der Waals surface area contributed by atoms with Gasteiger partial charge in [-0.25, -0.2) is 0 Å². The van der Waals surface area contributed by atoms with Crippen molar-refractivity contribution in [3.05, 3.63) is 29.8 Å². The molecule has 1 aromatic rings. The molecule has 30 heavy (non-hydrogen) atoms. The van der Waals surface area contributed by atoms with Crippen molar-refractivity contribution in [2.75, 3.05) is 13.2 Å². The Hall–Kier alpha value is -1.55. The fourth-order valence-corrected chi connectivity index (χ4v) is 7.25. The summed E-state index contributed by atoms with van der Waals surface area (Å²) in [7, 11) is 0. The first-order valence-corrected chi connectivity index (χ1v) is 12.3. The van der Waals surface area contributed by atoms with Crippen molar-refractivity contribution in [2.24, 2.45) is 29.1 Å². The molecule has 5 rings (SSSR count). The van der Waals surface area contributed by atoms with Crippen LogP contribution in [-0.4, -0.2) is 30.3 Å². The second-order valence-electron chi connectivity index (χ2n) is 10.8. The molecular weight excluding hydrogens is 374 g/mol. The Morgan fingerprint density at radius 3 is 2.80 bits per heavy atom. The van der Waals surface area contributed by atoms with Gasteiger partial charge in [-0.3, -0.25) is 4.79 Å². The minimum absolute atomic E-state index is 0.0300. The predicted molar refractivity (Wildman–Crippen MR) is 117 cm³/mol. The van der Waals surface area contributed by atoms with Gasteiger partial charge in [-0.2, -0.15) is 0 Å². The van der Waals surface area contributed by atoms with Gasteiger partial charge < -0.3 is 15.2 Å². The maximum Gasteiger partial charge on any atom is 0.251 e. The molecule has 0 spiro atoms. The van der Waals surface area contributed by atoms with Crippen LogP contribution in [0.4, 0.5) is 0 Å². The van der Waals surface area contributed by atoms with Crippen LogP contribution < -0.4 is 10.1 Å². The average Bonchev–Trinajstić information content (AvgIpc) is 3.00. The van der Waals surface area contributed by atoms with Gasteiger partial charge in [0.1, 0.15) is 5.75 Å². The molecular formula is C26H37NO3. The Kier molecular flexibility index (Phi) is 5.79. The molecule has 0 aliphatic heterocycles. The first-order valence-electron chi connectivity index (χ1n) is 12.3. The van der Waals surface area contributed by atoms with Gasteiger partial charge in [0, 0.05) is 18.2 Å². The molecule has 2 N–H and O–H groups in total. The molecule has 5 atom stereocenters. The topological polar surface area (TPSA) is 58.6 Å². The largest absolute Gasteiger partial charge is 0.493 e. The van der Waals surface area contributed by atoms with Gasteiger partial charge in [0.05, 0.1) is 6.61 Å². The van der Waals surface area contributed by atoms with Gasteiger partial charge in [0.25, 0.3) is 5.91 Å². The summed E-state index contributed by atoms with van der Waals surface area (Å²) < 4.78 is 6.06. The number of nitrogens with one attached hydrogen (secondary N) is 1. The molecule has 3 bridgehead atoms. The molecule has 4 aliphatic carbocycles. The number of aliphatic hydroxyl groups excluding tert-OH is 1. The van der Waals surface area contributed by atoms with E-state index in [1.165, 1.54) is 51.4 Å². The van der Waals surface area contributed by atoms with Gasteiger partial charge in [-0.05, 0) is 98.7 Å². The summed E-state index contributed by atoms with van der Waals surface area (Å²) in [5.41, 5.74) is 0.839. The second-order valence-corrected chi connectivity index (χ2v) is 10.8. The minimum Gasteiger partial charge on any atom is -0.493 e. The molecule has 0 radical (unpaired) electrons. The lowest BCUT2D eigenvalue weighted by molar-refractivity contribution is 0.0653. The van der Waals surface area contributed by atoms with Crippen molar-refractivity contribution < 1.29 is 14.6 Å². The monoisotopic (exact) mass is 411 g/mol. The number of fused-ring (bicyclic) bond motifs is 2. The van der Waals surface area contributed by atoms with Gasteiger partial charge >= 0.3 is 0 Å². The lowest BCUT2D eigenvalue weighted by atomic mass is 9.70. The van der Waals surface area contributed by atoms with Gasteiger partial charge in [-0.15, -0.1) is 0 Å². The Bertz CT molecular complexity index is 758. The van der Waals surface area contributed by atoms with Gasteiger partial charge in [0.15, 0.2) is 0 Å². The van der Waals surface area contributed by atoms with E-state index >= 15 is 0 Å².